The summed E-state index contributed by atoms with van der Waals surface area (Å²) in [6.45, 7) is 8.03. The van der Waals surface area contributed by atoms with E-state index in [0.717, 1.165) is 6.42 Å². The Morgan fingerprint density at radius 3 is 1.60 bits per heavy atom. The topological polar surface area (TPSA) is 71.1 Å². The van der Waals surface area contributed by atoms with Gasteiger partial charge in [-0.25, -0.2) is 9.59 Å². The van der Waals surface area contributed by atoms with Gasteiger partial charge in [0.05, 0.1) is 13.2 Å². The van der Waals surface area contributed by atoms with Crippen molar-refractivity contribution in [2.24, 2.45) is 11.8 Å². The lowest BCUT2D eigenvalue weighted by molar-refractivity contribution is -0.0703. The quantitative estimate of drug-likeness (QED) is 0.740. The highest BCUT2D eigenvalue weighted by Gasteiger charge is 2.37. The Hall–Kier alpha value is -1.46. The van der Waals surface area contributed by atoms with E-state index in [4.69, 9.17) is 18.9 Å². The van der Waals surface area contributed by atoms with Crippen LogP contribution in [0.25, 0.3) is 0 Å². The SMILES string of the molecule is CCOC(=O)OC1CC(OC(=O)OCC)C(C)CC1C. The fraction of sp³-hybridized carbons (Fsp3) is 0.857. The largest absolute Gasteiger partial charge is 0.508 e. The van der Waals surface area contributed by atoms with Gasteiger partial charge in [0.25, 0.3) is 0 Å². The van der Waals surface area contributed by atoms with E-state index in [0.29, 0.717) is 6.42 Å². The van der Waals surface area contributed by atoms with Crippen LogP contribution in [0.1, 0.15) is 40.5 Å². The van der Waals surface area contributed by atoms with Gasteiger partial charge in [0, 0.05) is 6.42 Å². The third-order valence-corrected chi connectivity index (χ3v) is 3.50. The predicted molar refractivity (Wildman–Crippen MR) is 71.4 cm³/mol. The molecule has 0 saturated heterocycles. The minimum Gasteiger partial charge on any atom is -0.435 e. The van der Waals surface area contributed by atoms with Crippen LogP contribution in [0.3, 0.4) is 0 Å². The Morgan fingerprint density at radius 1 is 0.850 bits per heavy atom. The van der Waals surface area contributed by atoms with Crippen molar-refractivity contribution >= 4 is 12.3 Å². The molecule has 0 spiro atoms. The molecule has 0 amide bonds. The molecule has 1 fully saturated rings. The molecule has 6 nitrogen and oxygen atoms in total. The van der Waals surface area contributed by atoms with Crippen molar-refractivity contribution in [1.29, 1.82) is 0 Å². The van der Waals surface area contributed by atoms with Gasteiger partial charge in [0.2, 0.25) is 0 Å². The highest BCUT2D eigenvalue weighted by atomic mass is 16.7. The molecule has 20 heavy (non-hydrogen) atoms. The summed E-state index contributed by atoms with van der Waals surface area (Å²) in [6, 6.07) is 0. The zero-order chi connectivity index (χ0) is 15.1. The summed E-state index contributed by atoms with van der Waals surface area (Å²) >= 11 is 0. The first-order valence-electron chi connectivity index (χ1n) is 7.14. The maximum absolute atomic E-state index is 11.4. The third kappa shape index (κ3) is 4.90. The van der Waals surface area contributed by atoms with Gasteiger partial charge in [-0.15, -0.1) is 0 Å². The van der Waals surface area contributed by atoms with Crippen molar-refractivity contribution in [3.05, 3.63) is 0 Å². The maximum atomic E-state index is 11.4. The number of carbonyl (C=O) groups excluding carboxylic acids is 2. The highest BCUT2D eigenvalue weighted by Crippen LogP contribution is 2.33. The molecule has 0 aromatic heterocycles. The van der Waals surface area contributed by atoms with Gasteiger partial charge in [0.1, 0.15) is 12.2 Å². The van der Waals surface area contributed by atoms with Crippen molar-refractivity contribution in [1.82, 2.24) is 0 Å². The normalized spacial score (nSPS) is 29.4. The second-order valence-corrected chi connectivity index (χ2v) is 5.10. The van der Waals surface area contributed by atoms with Crippen molar-refractivity contribution in [3.8, 4) is 0 Å². The Kier molecular flexibility index (Phi) is 6.61. The lowest BCUT2D eigenvalue weighted by Crippen LogP contribution is -2.41. The standard InChI is InChI=1S/C14H24O6/c1-5-17-13(15)19-11-8-12(10(4)7-9(11)3)20-14(16)18-6-2/h9-12H,5-8H2,1-4H3. The zero-order valence-electron chi connectivity index (χ0n) is 12.6. The molecule has 0 aliphatic heterocycles. The number of ether oxygens (including phenoxy) is 4. The first-order valence-corrected chi connectivity index (χ1v) is 7.14. The summed E-state index contributed by atoms with van der Waals surface area (Å²) in [4.78, 5) is 22.8. The average molecular weight is 288 g/mol. The van der Waals surface area contributed by atoms with E-state index < -0.39 is 12.3 Å². The molecule has 1 rings (SSSR count). The average Bonchev–Trinajstić information content (AvgIpc) is 2.35. The van der Waals surface area contributed by atoms with E-state index in [9.17, 15) is 9.59 Å². The second kappa shape index (κ2) is 7.97. The molecule has 0 aromatic rings. The van der Waals surface area contributed by atoms with Crippen LogP contribution >= 0.6 is 0 Å². The summed E-state index contributed by atoms with van der Waals surface area (Å²) < 4.78 is 20.1. The van der Waals surface area contributed by atoms with Crippen LogP contribution in [0.15, 0.2) is 0 Å². The molecule has 0 heterocycles. The van der Waals surface area contributed by atoms with Gasteiger partial charge in [-0.1, -0.05) is 13.8 Å². The fourth-order valence-corrected chi connectivity index (χ4v) is 2.46. The number of rotatable bonds is 4. The van der Waals surface area contributed by atoms with Gasteiger partial charge in [-0.05, 0) is 32.1 Å². The van der Waals surface area contributed by atoms with Crippen LogP contribution in [0.4, 0.5) is 9.59 Å². The van der Waals surface area contributed by atoms with Crippen LogP contribution in [-0.4, -0.2) is 37.7 Å². The summed E-state index contributed by atoms with van der Waals surface area (Å²) in [5, 5.41) is 0. The Balaban J connectivity index is 2.55. The van der Waals surface area contributed by atoms with Gasteiger partial charge in [-0.3, -0.25) is 0 Å². The maximum Gasteiger partial charge on any atom is 0.508 e. The number of carbonyl (C=O) groups is 2. The van der Waals surface area contributed by atoms with E-state index >= 15 is 0 Å². The summed E-state index contributed by atoms with van der Waals surface area (Å²) in [5.74, 6) is 0.410. The van der Waals surface area contributed by atoms with Gasteiger partial charge < -0.3 is 18.9 Å². The lowest BCUT2D eigenvalue weighted by Gasteiger charge is -2.36. The van der Waals surface area contributed by atoms with E-state index in [-0.39, 0.29) is 37.3 Å². The van der Waals surface area contributed by atoms with Crippen LogP contribution in [0.5, 0.6) is 0 Å². The molecule has 0 bridgehead atoms. The molecule has 0 radical (unpaired) electrons. The van der Waals surface area contributed by atoms with Crippen molar-refractivity contribution in [2.45, 2.75) is 52.7 Å². The first kappa shape index (κ1) is 16.6. The van der Waals surface area contributed by atoms with E-state index in [2.05, 4.69) is 0 Å². The van der Waals surface area contributed by atoms with Crippen molar-refractivity contribution in [2.75, 3.05) is 13.2 Å². The minimum absolute atomic E-state index is 0.205. The number of hydrogen-bond acceptors (Lipinski definition) is 6. The fourth-order valence-electron chi connectivity index (χ4n) is 2.46. The minimum atomic E-state index is -0.672. The van der Waals surface area contributed by atoms with Crippen LogP contribution < -0.4 is 0 Å². The molecule has 6 heteroatoms. The molecule has 0 N–H and O–H groups in total. The predicted octanol–water partition coefficient (Wildman–Crippen LogP) is 3.14. The Bertz CT molecular complexity index is 300. The van der Waals surface area contributed by atoms with Gasteiger partial charge in [-0.2, -0.15) is 0 Å². The summed E-state index contributed by atoms with van der Waals surface area (Å²) in [5.41, 5.74) is 0. The van der Waals surface area contributed by atoms with Crippen LogP contribution in [0.2, 0.25) is 0 Å². The smallest absolute Gasteiger partial charge is 0.435 e. The first-order chi connectivity index (χ1) is 9.47. The van der Waals surface area contributed by atoms with Crippen LogP contribution in [-0.2, 0) is 18.9 Å². The summed E-state index contributed by atoms with van der Waals surface area (Å²) in [7, 11) is 0. The van der Waals surface area contributed by atoms with Crippen LogP contribution in [0, 0.1) is 11.8 Å². The molecule has 1 saturated carbocycles. The molecular weight excluding hydrogens is 264 g/mol. The lowest BCUT2D eigenvalue weighted by atomic mass is 9.79. The Labute approximate surface area is 119 Å². The summed E-state index contributed by atoms with van der Waals surface area (Å²) in [6.07, 6.45) is -0.661. The third-order valence-electron chi connectivity index (χ3n) is 3.50. The molecular formula is C14H24O6. The molecule has 4 atom stereocenters. The van der Waals surface area contributed by atoms with Gasteiger partial charge in [0.15, 0.2) is 0 Å². The Morgan fingerprint density at radius 2 is 1.25 bits per heavy atom. The highest BCUT2D eigenvalue weighted by molar-refractivity contribution is 5.60. The second-order valence-electron chi connectivity index (χ2n) is 5.10. The van der Waals surface area contributed by atoms with Crippen molar-refractivity contribution in [3.63, 3.8) is 0 Å². The molecule has 0 aromatic carbocycles. The molecule has 1 aliphatic rings. The number of hydrogen-bond donors (Lipinski definition) is 0. The van der Waals surface area contributed by atoms with E-state index in [1.165, 1.54) is 0 Å². The van der Waals surface area contributed by atoms with Crippen molar-refractivity contribution < 1.29 is 28.5 Å². The monoisotopic (exact) mass is 288 g/mol. The molecule has 1 aliphatic carbocycles. The van der Waals surface area contributed by atoms with Gasteiger partial charge >= 0.3 is 12.3 Å². The molecule has 4 unspecified atom stereocenters. The molecule has 116 valence electrons. The van der Waals surface area contributed by atoms with E-state index in [1.807, 2.05) is 13.8 Å². The zero-order valence-corrected chi connectivity index (χ0v) is 12.6. The van der Waals surface area contributed by atoms with E-state index in [1.54, 1.807) is 13.8 Å².